The van der Waals surface area contributed by atoms with E-state index in [-0.39, 0.29) is 11.8 Å². The summed E-state index contributed by atoms with van der Waals surface area (Å²) in [6, 6.07) is 4.94. The Kier molecular flexibility index (Phi) is 2.37. The van der Waals surface area contributed by atoms with E-state index >= 15 is 0 Å². The van der Waals surface area contributed by atoms with Crippen LogP contribution in [-0.2, 0) is 6.42 Å². The van der Waals surface area contributed by atoms with E-state index in [9.17, 15) is 8.78 Å². The summed E-state index contributed by atoms with van der Waals surface area (Å²) in [5.74, 6) is 0.191. The van der Waals surface area contributed by atoms with Crippen molar-refractivity contribution in [2.24, 2.45) is 5.73 Å². The van der Waals surface area contributed by atoms with Crippen LogP contribution in [-0.4, -0.2) is 6.61 Å². The van der Waals surface area contributed by atoms with Crippen molar-refractivity contribution in [2.75, 3.05) is 0 Å². The quantitative estimate of drug-likeness (QED) is 0.792. The van der Waals surface area contributed by atoms with Crippen LogP contribution in [0, 0.1) is 0 Å². The first-order valence-corrected chi connectivity index (χ1v) is 4.50. The number of aryl methyl sites for hydroxylation is 1. The van der Waals surface area contributed by atoms with E-state index in [2.05, 4.69) is 4.74 Å². The predicted octanol–water partition coefficient (Wildman–Crippen LogP) is 2.23. The molecular weight excluding hydrogens is 188 g/mol. The highest BCUT2D eigenvalue weighted by Crippen LogP contribution is 2.32. The van der Waals surface area contributed by atoms with Gasteiger partial charge in [0.05, 0.1) is 0 Å². The lowest BCUT2D eigenvalue weighted by Gasteiger charge is -2.08. The fraction of sp³-hybridized carbons (Fsp3) is 0.400. The van der Waals surface area contributed by atoms with Crippen molar-refractivity contribution in [3.8, 4) is 5.75 Å². The average molecular weight is 199 g/mol. The fourth-order valence-corrected chi connectivity index (χ4v) is 1.79. The number of benzene rings is 1. The Morgan fingerprint density at radius 3 is 2.93 bits per heavy atom. The molecule has 76 valence electrons. The van der Waals surface area contributed by atoms with Crippen LogP contribution < -0.4 is 10.5 Å². The van der Waals surface area contributed by atoms with Crippen LogP contribution in [0.15, 0.2) is 18.2 Å². The van der Waals surface area contributed by atoms with E-state index < -0.39 is 6.61 Å². The van der Waals surface area contributed by atoms with Crippen LogP contribution in [0.5, 0.6) is 5.75 Å². The van der Waals surface area contributed by atoms with E-state index in [1.807, 2.05) is 0 Å². The van der Waals surface area contributed by atoms with Crippen LogP contribution >= 0.6 is 0 Å². The minimum absolute atomic E-state index is 0.0359. The molecule has 1 aromatic rings. The van der Waals surface area contributed by atoms with Crippen molar-refractivity contribution in [3.63, 3.8) is 0 Å². The summed E-state index contributed by atoms with van der Waals surface area (Å²) in [5.41, 5.74) is 7.87. The maximum Gasteiger partial charge on any atom is 0.387 e. The molecule has 2 rings (SSSR count). The van der Waals surface area contributed by atoms with Crippen molar-refractivity contribution in [1.82, 2.24) is 0 Å². The normalized spacial score (nSPS) is 19.9. The topological polar surface area (TPSA) is 35.2 Å². The van der Waals surface area contributed by atoms with Crippen molar-refractivity contribution >= 4 is 0 Å². The maximum atomic E-state index is 11.9. The lowest BCUT2D eigenvalue weighted by atomic mass is 10.1. The van der Waals surface area contributed by atoms with Crippen LogP contribution in [0.2, 0.25) is 0 Å². The Morgan fingerprint density at radius 2 is 2.21 bits per heavy atom. The van der Waals surface area contributed by atoms with Gasteiger partial charge in [-0.3, -0.25) is 0 Å². The molecule has 0 saturated carbocycles. The molecule has 1 aromatic carbocycles. The molecule has 0 amide bonds. The molecule has 0 aromatic heterocycles. The molecule has 1 aliphatic carbocycles. The number of fused-ring (bicyclic) bond motifs is 1. The number of hydrogen-bond acceptors (Lipinski definition) is 2. The number of alkyl halides is 2. The Morgan fingerprint density at radius 1 is 1.43 bits per heavy atom. The minimum Gasteiger partial charge on any atom is -0.435 e. The zero-order chi connectivity index (χ0) is 10.1. The predicted molar refractivity (Wildman–Crippen MR) is 48.3 cm³/mol. The molecule has 0 radical (unpaired) electrons. The summed E-state index contributed by atoms with van der Waals surface area (Å²) in [7, 11) is 0. The zero-order valence-corrected chi connectivity index (χ0v) is 7.54. The van der Waals surface area contributed by atoms with Crippen molar-refractivity contribution in [1.29, 1.82) is 0 Å². The summed E-state index contributed by atoms with van der Waals surface area (Å²) in [5, 5.41) is 0. The van der Waals surface area contributed by atoms with Crippen molar-refractivity contribution in [3.05, 3.63) is 29.3 Å². The van der Waals surface area contributed by atoms with Gasteiger partial charge in [0.15, 0.2) is 0 Å². The van der Waals surface area contributed by atoms with Gasteiger partial charge in [0.25, 0.3) is 0 Å². The second kappa shape index (κ2) is 3.53. The number of ether oxygens (including phenoxy) is 1. The summed E-state index contributed by atoms with van der Waals surface area (Å²) < 4.78 is 28.1. The van der Waals surface area contributed by atoms with Gasteiger partial charge < -0.3 is 10.5 Å². The Balaban J connectivity index is 2.26. The first-order valence-electron chi connectivity index (χ1n) is 4.50. The standard InChI is InChI=1S/C10H11F2NO/c11-10(12)14-7-3-1-6-2-4-9(13)8(6)5-7/h1,3,5,9-10H,2,4,13H2/t9-/m0/s1. The third-order valence-corrected chi connectivity index (χ3v) is 2.47. The number of halogens is 2. The van der Waals surface area contributed by atoms with E-state index in [1.54, 1.807) is 18.2 Å². The maximum absolute atomic E-state index is 11.9. The zero-order valence-electron chi connectivity index (χ0n) is 7.54. The van der Waals surface area contributed by atoms with Crippen LogP contribution in [0.3, 0.4) is 0 Å². The van der Waals surface area contributed by atoms with Crippen molar-refractivity contribution in [2.45, 2.75) is 25.5 Å². The van der Waals surface area contributed by atoms with Gasteiger partial charge in [-0.1, -0.05) is 6.07 Å². The van der Waals surface area contributed by atoms with Gasteiger partial charge >= 0.3 is 6.61 Å². The van der Waals surface area contributed by atoms with E-state index in [1.165, 1.54) is 0 Å². The highest BCUT2D eigenvalue weighted by Gasteiger charge is 2.19. The second-order valence-corrected chi connectivity index (χ2v) is 3.38. The Bertz CT molecular complexity index is 341. The van der Waals surface area contributed by atoms with Crippen LogP contribution in [0.1, 0.15) is 23.6 Å². The average Bonchev–Trinajstić information content (AvgIpc) is 2.47. The van der Waals surface area contributed by atoms with Gasteiger partial charge in [-0.2, -0.15) is 8.78 Å². The Hall–Kier alpha value is -1.16. The van der Waals surface area contributed by atoms with E-state index in [4.69, 9.17) is 5.73 Å². The molecule has 0 spiro atoms. The molecule has 1 atom stereocenters. The highest BCUT2D eigenvalue weighted by molar-refractivity contribution is 5.40. The van der Waals surface area contributed by atoms with Gasteiger partial charge in [-0.05, 0) is 36.1 Å². The third-order valence-electron chi connectivity index (χ3n) is 2.47. The summed E-state index contributed by atoms with van der Waals surface area (Å²) in [6.45, 7) is -2.77. The molecule has 0 bridgehead atoms. The summed E-state index contributed by atoms with van der Waals surface area (Å²) in [4.78, 5) is 0. The third kappa shape index (κ3) is 1.70. The summed E-state index contributed by atoms with van der Waals surface area (Å²) >= 11 is 0. The molecule has 2 N–H and O–H groups in total. The lowest BCUT2D eigenvalue weighted by Crippen LogP contribution is -2.06. The Labute approximate surface area is 80.7 Å². The van der Waals surface area contributed by atoms with Crippen molar-refractivity contribution < 1.29 is 13.5 Å². The van der Waals surface area contributed by atoms with Gasteiger partial charge in [-0.15, -0.1) is 0 Å². The molecular formula is C10H11F2NO. The van der Waals surface area contributed by atoms with E-state index in [0.717, 1.165) is 24.0 Å². The second-order valence-electron chi connectivity index (χ2n) is 3.38. The summed E-state index contributed by atoms with van der Waals surface area (Å²) in [6.07, 6.45) is 1.80. The van der Waals surface area contributed by atoms with E-state index in [0.29, 0.717) is 0 Å². The molecule has 0 fully saturated rings. The number of hydrogen-bond donors (Lipinski definition) is 1. The van der Waals surface area contributed by atoms with Crippen LogP contribution in [0.25, 0.3) is 0 Å². The smallest absolute Gasteiger partial charge is 0.387 e. The molecule has 0 aliphatic heterocycles. The molecule has 0 unspecified atom stereocenters. The number of rotatable bonds is 2. The molecule has 14 heavy (non-hydrogen) atoms. The van der Waals surface area contributed by atoms with Gasteiger partial charge in [-0.25, -0.2) is 0 Å². The fourth-order valence-electron chi connectivity index (χ4n) is 1.79. The first-order chi connectivity index (χ1) is 6.66. The highest BCUT2D eigenvalue weighted by atomic mass is 19.3. The monoisotopic (exact) mass is 199 g/mol. The lowest BCUT2D eigenvalue weighted by molar-refractivity contribution is -0.0498. The number of nitrogens with two attached hydrogens (primary N) is 1. The van der Waals surface area contributed by atoms with Gasteiger partial charge in [0, 0.05) is 6.04 Å². The molecule has 0 saturated heterocycles. The molecule has 1 aliphatic rings. The SMILES string of the molecule is N[C@H]1CCc2ccc(OC(F)F)cc21. The van der Waals surface area contributed by atoms with Gasteiger partial charge in [0.2, 0.25) is 0 Å². The molecule has 2 nitrogen and oxygen atoms in total. The van der Waals surface area contributed by atoms with Crippen LogP contribution in [0.4, 0.5) is 8.78 Å². The molecule has 4 heteroatoms. The molecule has 0 heterocycles. The largest absolute Gasteiger partial charge is 0.435 e. The minimum atomic E-state index is -2.77. The first kappa shape index (κ1) is 9.40. The van der Waals surface area contributed by atoms with Gasteiger partial charge in [0.1, 0.15) is 5.75 Å².